The van der Waals surface area contributed by atoms with E-state index < -0.39 is 6.10 Å². The second-order valence-electron chi connectivity index (χ2n) is 3.55. The molecule has 0 radical (unpaired) electrons. The Morgan fingerprint density at radius 1 is 1.41 bits per heavy atom. The fourth-order valence-corrected chi connectivity index (χ4v) is 3.42. The van der Waals surface area contributed by atoms with E-state index in [4.69, 9.17) is 11.6 Å². The maximum atomic E-state index is 13.5. The molecule has 17 heavy (non-hydrogen) atoms. The summed E-state index contributed by atoms with van der Waals surface area (Å²) < 4.78 is 14.4. The number of aliphatic hydroxyl groups is 1. The summed E-state index contributed by atoms with van der Waals surface area (Å²) in [5.41, 5.74) is 0.349. The number of thiophene rings is 1. The van der Waals surface area contributed by atoms with Gasteiger partial charge in [-0.15, -0.1) is 11.3 Å². The molecular formula is C12H9BrClFOS. The Morgan fingerprint density at radius 2 is 2.18 bits per heavy atom. The number of halogens is 3. The second kappa shape index (κ2) is 5.48. The largest absolute Gasteiger partial charge is 0.387 e. The van der Waals surface area contributed by atoms with E-state index >= 15 is 0 Å². The van der Waals surface area contributed by atoms with E-state index in [0.717, 1.165) is 9.35 Å². The Labute approximate surface area is 116 Å². The third-order valence-corrected chi connectivity index (χ3v) is 4.73. The molecule has 1 aromatic carbocycles. The normalized spacial score (nSPS) is 12.7. The molecule has 0 fully saturated rings. The van der Waals surface area contributed by atoms with Gasteiger partial charge in [0.1, 0.15) is 5.82 Å². The van der Waals surface area contributed by atoms with Crippen LogP contribution in [0.3, 0.4) is 0 Å². The van der Waals surface area contributed by atoms with Crippen molar-refractivity contribution >= 4 is 38.9 Å². The highest BCUT2D eigenvalue weighted by atomic mass is 79.9. The molecule has 0 aliphatic rings. The highest BCUT2D eigenvalue weighted by molar-refractivity contribution is 9.10. The molecule has 90 valence electrons. The average molecular weight is 336 g/mol. The first kappa shape index (κ1) is 13.0. The minimum atomic E-state index is -0.751. The Morgan fingerprint density at radius 3 is 2.76 bits per heavy atom. The van der Waals surface area contributed by atoms with Gasteiger partial charge in [-0.3, -0.25) is 0 Å². The van der Waals surface area contributed by atoms with Gasteiger partial charge in [0.15, 0.2) is 0 Å². The van der Waals surface area contributed by atoms with Crippen LogP contribution in [0.2, 0.25) is 5.02 Å². The van der Waals surface area contributed by atoms with Crippen molar-refractivity contribution in [1.82, 2.24) is 0 Å². The molecule has 5 heteroatoms. The zero-order valence-corrected chi connectivity index (χ0v) is 11.8. The molecule has 1 heterocycles. The summed E-state index contributed by atoms with van der Waals surface area (Å²) in [5.74, 6) is -0.385. The first-order valence-electron chi connectivity index (χ1n) is 4.93. The molecule has 0 saturated carbocycles. The van der Waals surface area contributed by atoms with Gasteiger partial charge in [-0.05, 0) is 39.5 Å². The third-order valence-electron chi connectivity index (χ3n) is 2.41. The van der Waals surface area contributed by atoms with E-state index in [0.29, 0.717) is 10.6 Å². The van der Waals surface area contributed by atoms with Crippen LogP contribution in [-0.4, -0.2) is 5.11 Å². The first-order valence-corrected chi connectivity index (χ1v) is 6.98. The first-order chi connectivity index (χ1) is 8.09. The lowest BCUT2D eigenvalue weighted by molar-refractivity contribution is 0.180. The smallest absolute Gasteiger partial charge is 0.127 e. The van der Waals surface area contributed by atoms with Crippen LogP contribution in [0.15, 0.2) is 34.1 Å². The lowest BCUT2D eigenvalue weighted by Crippen LogP contribution is -2.03. The van der Waals surface area contributed by atoms with E-state index in [9.17, 15) is 9.50 Å². The van der Waals surface area contributed by atoms with Gasteiger partial charge in [-0.25, -0.2) is 4.39 Å². The molecule has 0 amide bonds. The molecule has 2 aromatic rings. The SMILES string of the molecule is OC(Cc1c(F)cccc1Cl)c1sccc1Br. The van der Waals surface area contributed by atoms with Gasteiger partial charge in [0.25, 0.3) is 0 Å². The number of hydrogen-bond donors (Lipinski definition) is 1. The zero-order chi connectivity index (χ0) is 12.4. The molecule has 0 saturated heterocycles. The maximum Gasteiger partial charge on any atom is 0.127 e. The summed E-state index contributed by atoms with van der Waals surface area (Å²) in [6.45, 7) is 0. The van der Waals surface area contributed by atoms with Crippen LogP contribution in [-0.2, 0) is 6.42 Å². The lowest BCUT2D eigenvalue weighted by atomic mass is 10.1. The van der Waals surface area contributed by atoms with Gasteiger partial charge in [0.05, 0.1) is 6.10 Å². The van der Waals surface area contributed by atoms with Crippen molar-refractivity contribution in [2.45, 2.75) is 12.5 Å². The number of rotatable bonds is 3. The Hall–Kier alpha value is -0.420. The lowest BCUT2D eigenvalue weighted by Gasteiger charge is -2.11. The van der Waals surface area contributed by atoms with Gasteiger partial charge in [0, 0.05) is 26.4 Å². The molecule has 1 unspecified atom stereocenters. The summed E-state index contributed by atoms with van der Waals surface area (Å²) in [4.78, 5) is 0.782. The van der Waals surface area contributed by atoms with Gasteiger partial charge < -0.3 is 5.11 Å². The molecule has 2 rings (SSSR count). The Bertz CT molecular complexity index is 509. The standard InChI is InChI=1S/C12H9BrClFOS/c13-8-4-5-17-12(8)11(16)6-7-9(14)2-1-3-10(7)15/h1-5,11,16H,6H2. The monoisotopic (exact) mass is 334 g/mol. The van der Waals surface area contributed by atoms with Crippen LogP contribution in [0.5, 0.6) is 0 Å². The van der Waals surface area contributed by atoms with Crippen molar-refractivity contribution in [3.63, 3.8) is 0 Å². The van der Waals surface area contributed by atoms with E-state index in [-0.39, 0.29) is 12.2 Å². The van der Waals surface area contributed by atoms with Crippen LogP contribution >= 0.6 is 38.9 Å². The van der Waals surface area contributed by atoms with E-state index in [1.165, 1.54) is 17.4 Å². The highest BCUT2D eigenvalue weighted by Crippen LogP contribution is 2.32. The quantitative estimate of drug-likeness (QED) is 0.870. The summed E-state index contributed by atoms with van der Waals surface area (Å²) in [6, 6.07) is 6.37. The fraction of sp³-hybridized carbons (Fsp3) is 0.167. The zero-order valence-electron chi connectivity index (χ0n) is 8.66. The van der Waals surface area contributed by atoms with Crippen LogP contribution in [0, 0.1) is 5.82 Å². The molecular weight excluding hydrogens is 327 g/mol. The van der Waals surface area contributed by atoms with Crippen LogP contribution in [0.4, 0.5) is 4.39 Å². The maximum absolute atomic E-state index is 13.5. The van der Waals surface area contributed by atoms with Crippen LogP contribution in [0.25, 0.3) is 0 Å². The van der Waals surface area contributed by atoms with Crippen LogP contribution < -0.4 is 0 Å². The number of hydrogen-bond acceptors (Lipinski definition) is 2. The van der Waals surface area contributed by atoms with E-state index in [2.05, 4.69) is 15.9 Å². The average Bonchev–Trinajstić information content (AvgIpc) is 2.70. The molecule has 0 aliphatic heterocycles. The van der Waals surface area contributed by atoms with Gasteiger partial charge >= 0.3 is 0 Å². The highest BCUT2D eigenvalue weighted by Gasteiger charge is 2.17. The Balaban J connectivity index is 2.25. The molecule has 1 atom stereocenters. The van der Waals surface area contributed by atoms with Gasteiger partial charge in [0.2, 0.25) is 0 Å². The molecule has 1 N–H and O–H groups in total. The van der Waals surface area contributed by atoms with Crippen LogP contribution in [0.1, 0.15) is 16.5 Å². The van der Waals surface area contributed by atoms with Gasteiger partial charge in [-0.1, -0.05) is 17.7 Å². The molecule has 1 nitrogen and oxygen atoms in total. The molecule has 0 aliphatic carbocycles. The topological polar surface area (TPSA) is 20.2 Å². The van der Waals surface area contributed by atoms with Crippen molar-refractivity contribution in [1.29, 1.82) is 0 Å². The Kier molecular flexibility index (Phi) is 4.20. The summed E-state index contributed by atoms with van der Waals surface area (Å²) in [7, 11) is 0. The molecule has 1 aromatic heterocycles. The fourth-order valence-electron chi connectivity index (χ4n) is 1.56. The van der Waals surface area contributed by atoms with Crippen molar-refractivity contribution in [3.8, 4) is 0 Å². The number of benzene rings is 1. The van der Waals surface area contributed by atoms with E-state index in [1.807, 2.05) is 11.4 Å². The number of aliphatic hydroxyl groups excluding tert-OH is 1. The summed E-state index contributed by atoms with van der Waals surface area (Å²) >= 11 is 10.7. The second-order valence-corrected chi connectivity index (χ2v) is 5.76. The van der Waals surface area contributed by atoms with Gasteiger partial charge in [-0.2, -0.15) is 0 Å². The minimum Gasteiger partial charge on any atom is -0.387 e. The predicted molar refractivity (Wildman–Crippen MR) is 72.1 cm³/mol. The third kappa shape index (κ3) is 2.88. The summed E-state index contributed by atoms with van der Waals surface area (Å²) in [6.07, 6.45) is -0.580. The molecule has 0 bridgehead atoms. The minimum absolute atomic E-state index is 0.171. The van der Waals surface area contributed by atoms with Crippen molar-refractivity contribution < 1.29 is 9.50 Å². The molecule has 0 spiro atoms. The predicted octanol–water partition coefficient (Wildman–Crippen LogP) is 4.58. The summed E-state index contributed by atoms with van der Waals surface area (Å²) in [5, 5.41) is 12.3. The van der Waals surface area contributed by atoms with Crippen molar-refractivity contribution in [2.24, 2.45) is 0 Å². The van der Waals surface area contributed by atoms with Crippen molar-refractivity contribution in [3.05, 3.63) is 55.4 Å². The van der Waals surface area contributed by atoms with E-state index in [1.54, 1.807) is 12.1 Å². The van der Waals surface area contributed by atoms with Crippen molar-refractivity contribution in [2.75, 3.05) is 0 Å².